The van der Waals surface area contributed by atoms with Gasteiger partial charge in [-0.1, -0.05) is 72.3 Å². The molecule has 36 heavy (non-hydrogen) atoms. The minimum atomic E-state index is -0.526. The maximum atomic E-state index is 10.9. The Hall–Kier alpha value is -3.16. The van der Waals surface area contributed by atoms with Crippen molar-refractivity contribution in [3.63, 3.8) is 0 Å². The molecule has 0 saturated heterocycles. The highest BCUT2D eigenvalue weighted by atomic mass is 35.5. The zero-order chi connectivity index (χ0) is 25.3. The maximum Gasteiger partial charge on any atom is 0.227 e. The van der Waals surface area contributed by atoms with Gasteiger partial charge in [0.15, 0.2) is 0 Å². The number of nitrogens with zero attached hydrogens (tertiary/aromatic N) is 3. The third-order valence-corrected chi connectivity index (χ3v) is 6.27. The molecule has 0 amide bonds. The highest BCUT2D eigenvalue weighted by Gasteiger charge is 2.23. The second-order valence-corrected chi connectivity index (χ2v) is 9.13. The Morgan fingerprint density at radius 2 is 1.64 bits per heavy atom. The van der Waals surface area contributed by atoms with Gasteiger partial charge in [0.05, 0.1) is 34.7 Å². The van der Waals surface area contributed by atoms with Gasteiger partial charge in [0.25, 0.3) is 0 Å². The van der Waals surface area contributed by atoms with E-state index in [0.29, 0.717) is 49.3 Å². The van der Waals surface area contributed by atoms with Gasteiger partial charge in [0.1, 0.15) is 5.75 Å². The van der Waals surface area contributed by atoms with Crippen LogP contribution in [0.3, 0.4) is 0 Å². The van der Waals surface area contributed by atoms with Gasteiger partial charge < -0.3 is 14.6 Å². The molecule has 0 saturated carbocycles. The fourth-order valence-electron chi connectivity index (χ4n) is 4.13. The van der Waals surface area contributed by atoms with Crippen molar-refractivity contribution in [1.29, 1.82) is 0 Å². The number of aryl methyl sites for hydroxylation is 1. The fraction of sp³-hybridized carbons (Fsp3) is 0.276. The van der Waals surface area contributed by atoms with Crippen LogP contribution < -0.4 is 4.74 Å². The number of methoxy groups -OCH3 is 1. The van der Waals surface area contributed by atoms with Crippen molar-refractivity contribution in [2.75, 3.05) is 26.8 Å². The van der Waals surface area contributed by atoms with Crippen molar-refractivity contribution in [3.8, 4) is 17.3 Å². The smallest absolute Gasteiger partial charge is 0.227 e. The summed E-state index contributed by atoms with van der Waals surface area (Å²) >= 11 is 6.44. The molecule has 3 aromatic carbocycles. The van der Waals surface area contributed by atoms with E-state index in [0.717, 1.165) is 22.5 Å². The molecule has 6 nitrogen and oxygen atoms in total. The lowest BCUT2D eigenvalue weighted by molar-refractivity contribution is 0.0846. The zero-order valence-corrected chi connectivity index (χ0v) is 21.4. The van der Waals surface area contributed by atoms with E-state index in [1.54, 1.807) is 13.2 Å². The van der Waals surface area contributed by atoms with Crippen LogP contribution in [-0.2, 0) is 17.7 Å². The molecule has 1 atom stereocenters. The van der Waals surface area contributed by atoms with Crippen LogP contribution in [0.4, 0.5) is 0 Å². The first-order valence-corrected chi connectivity index (χ1v) is 12.4. The number of aliphatic hydroxyl groups excluding tert-OH is 1. The van der Waals surface area contributed by atoms with Crippen LogP contribution in [0.15, 0.2) is 84.9 Å². The minimum absolute atomic E-state index is 0.486. The Labute approximate surface area is 217 Å². The highest BCUT2D eigenvalue weighted by molar-refractivity contribution is 6.32. The van der Waals surface area contributed by atoms with Gasteiger partial charge in [-0.25, -0.2) is 4.68 Å². The van der Waals surface area contributed by atoms with Crippen molar-refractivity contribution in [2.45, 2.75) is 26.0 Å². The second kappa shape index (κ2) is 12.7. The second-order valence-electron chi connectivity index (χ2n) is 8.72. The summed E-state index contributed by atoms with van der Waals surface area (Å²) in [5.41, 5.74) is 3.77. The van der Waals surface area contributed by atoms with Crippen molar-refractivity contribution in [3.05, 3.63) is 107 Å². The van der Waals surface area contributed by atoms with Crippen LogP contribution in [0.2, 0.25) is 5.02 Å². The van der Waals surface area contributed by atoms with Crippen LogP contribution >= 0.6 is 11.6 Å². The molecule has 0 fully saturated rings. The lowest BCUT2D eigenvalue weighted by Gasteiger charge is -2.25. The number of aliphatic hydroxyl groups is 1. The molecular weight excluding hydrogens is 474 g/mol. The van der Waals surface area contributed by atoms with Crippen molar-refractivity contribution in [1.82, 2.24) is 14.7 Å². The number of hydrogen-bond acceptors (Lipinski definition) is 5. The Balaban J connectivity index is 1.64. The molecule has 0 bridgehead atoms. The molecule has 0 radical (unpaired) electrons. The largest absolute Gasteiger partial charge is 0.437 e. The van der Waals surface area contributed by atoms with E-state index < -0.39 is 6.10 Å². The van der Waals surface area contributed by atoms with E-state index in [4.69, 9.17) is 26.2 Å². The van der Waals surface area contributed by atoms with Gasteiger partial charge in [-0.2, -0.15) is 5.10 Å². The number of ether oxygens (including phenoxy) is 2. The van der Waals surface area contributed by atoms with E-state index in [1.165, 1.54) is 0 Å². The molecule has 0 spiro atoms. The van der Waals surface area contributed by atoms with E-state index in [9.17, 15) is 5.11 Å². The average Bonchev–Trinajstić information content (AvgIpc) is 3.19. The summed E-state index contributed by atoms with van der Waals surface area (Å²) in [7, 11) is 1.68. The van der Waals surface area contributed by atoms with Crippen molar-refractivity contribution in [2.24, 2.45) is 0 Å². The summed E-state index contributed by atoms with van der Waals surface area (Å²) in [6, 6.07) is 27.3. The first-order chi connectivity index (χ1) is 17.5. The molecule has 1 heterocycles. The number of aromatic nitrogens is 2. The summed E-state index contributed by atoms with van der Waals surface area (Å²) in [6.45, 7) is 4.20. The lowest BCUT2D eigenvalue weighted by Crippen LogP contribution is -2.35. The predicted octanol–water partition coefficient (Wildman–Crippen LogP) is 5.68. The van der Waals surface area contributed by atoms with Gasteiger partial charge in [-0.3, -0.25) is 4.90 Å². The van der Waals surface area contributed by atoms with E-state index in [2.05, 4.69) is 4.90 Å². The Kier molecular flexibility index (Phi) is 9.14. The third-order valence-electron chi connectivity index (χ3n) is 5.96. The lowest BCUT2D eigenvalue weighted by atomic mass is 10.1. The molecule has 4 aromatic rings. The molecular formula is C29H32ClN3O3. The summed E-state index contributed by atoms with van der Waals surface area (Å²) in [5, 5.41) is 16.2. The first-order valence-electron chi connectivity index (χ1n) is 12.0. The summed E-state index contributed by atoms with van der Waals surface area (Å²) in [6.07, 6.45) is 0.0527. The normalized spacial score (nSPS) is 12.1. The highest BCUT2D eigenvalue weighted by Crippen LogP contribution is 2.34. The summed E-state index contributed by atoms with van der Waals surface area (Å²) in [4.78, 5) is 2.18. The summed E-state index contributed by atoms with van der Waals surface area (Å²) in [5.74, 6) is 1.16. The standard InChI is InChI=1S/C29H32ClN3O3/c1-22-26(21-32(17-18-35-2)20-25(34)19-23-11-5-3-6-12-23)29(36-28-16-10-9-15-27(28)30)33(31-22)24-13-7-4-8-14-24/h3-16,25,34H,17-21H2,1-2H3/t25-/m0/s1. The van der Waals surface area contributed by atoms with Crippen LogP contribution in [0.1, 0.15) is 16.8 Å². The fourth-order valence-corrected chi connectivity index (χ4v) is 4.30. The van der Waals surface area contributed by atoms with Crippen LogP contribution in [0.25, 0.3) is 5.69 Å². The SMILES string of the molecule is COCCN(Cc1c(C)nn(-c2ccccc2)c1Oc1ccccc1Cl)C[C@@H](O)Cc1ccccc1. The molecule has 1 N–H and O–H groups in total. The number of benzene rings is 3. The maximum absolute atomic E-state index is 10.9. The molecule has 1 aromatic heterocycles. The molecule has 0 unspecified atom stereocenters. The van der Waals surface area contributed by atoms with Gasteiger partial charge in [0, 0.05) is 26.7 Å². The van der Waals surface area contributed by atoms with E-state index in [-0.39, 0.29) is 0 Å². The number of halogens is 1. The van der Waals surface area contributed by atoms with Gasteiger partial charge >= 0.3 is 0 Å². The van der Waals surface area contributed by atoms with Crippen molar-refractivity contribution < 1.29 is 14.6 Å². The van der Waals surface area contributed by atoms with E-state index in [1.807, 2.05) is 90.5 Å². The van der Waals surface area contributed by atoms with E-state index >= 15 is 0 Å². The molecule has 188 valence electrons. The Bertz CT molecular complexity index is 1230. The average molecular weight is 506 g/mol. The zero-order valence-electron chi connectivity index (χ0n) is 20.7. The van der Waals surface area contributed by atoms with Gasteiger partial charge in [-0.05, 0) is 43.2 Å². The van der Waals surface area contributed by atoms with Crippen LogP contribution in [-0.4, -0.2) is 52.7 Å². The first kappa shape index (κ1) is 25.9. The summed E-state index contributed by atoms with van der Waals surface area (Å²) < 4.78 is 13.6. The number of rotatable bonds is 12. The molecule has 0 aliphatic rings. The van der Waals surface area contributed by atoms with Gasteiger partial charge in [-0.15, -0.1) is 0 Å². The quantitative estimate of drug-likeness (QED) is 0.268. The molecule has 7 heteroatoms. The monoisotopic (exact) mass is 505 g/mol. The Morgan fingerprint density at radius 1 is 0.972 bits per heavy atom. The molecule has 0 aliphatic carbocycles. The Morgan fingerprint density at radius 3 is 2.33 bits per heavy atom. The number of hydrogen-bond donors (Lipinski definition) is 1. The van der Waals surface area contributed by atoms with Crippen molar-refractivity contribution >= 4 is 11.6 Å². The third kappa shape index (κ3) is 6.74. The topological polar surface area (TPSA) is 59.8 Å². The van der Waals surface area contributed by atoms with Crippen LogP contribution in [0, 0.1) is 6.92 Å². The van der Waals surface area contributed by atoms with Gasteiger partial charge in [0.2, 0.25) is 5.88 Å². The molecule has 0 aliphatic heterocycles. The van der Waals surface area contributed by atoms with Crippen LogP contribution in [0.5, 0.6) is 11.6 Å². The minimum Gasteiger partial charge on any atom is -0.437 e. The number of para-hydroxylation sites is 2. The molecule has 4 rings (SSSR count). The predicted molar refractivity (Wildman–Crippen MR) is 143 cm³/mol.